The summed E-state index contributed by atoms with van der Waals surface area (Å²) >= 11 is 0. The molecule has 0 saturated carbocycles. The topological polar surface area (TPSA) is 115 Å². The monoisotopic (exact) mass is 551 g/mol. The average molecular weight is 552 g/mol. The van der Waals surface area contributed by atoms with E-state index in [1.165, 1.54) is 37.6 Å². The highest BCUT2D eigenvalue weighted by atomic mass is 32.2. The van der Waals surface area contributed by atoms with Gasteiger partial charge in [0.2, 0.25) is 0 Å². The van der Waals surface area contributed by atoms with Gasteiger partial charge in [0, 0.05) is 22.9 Å². The molecular formula is C30H25N5O4S. The number of hydrogen-bond donors (Lipinski definition) is 2. The molecule has 1 amide bonds. The van der Waals surface area contributed by atoms with Gasteiger partial charge in [-0.15, -0.1) is 0 Å². The van der Waals surface area contributed by atoms with Crippen molar-refractivity contribution < 1.29 is 17.9 Å². The van der Waals surface area contributed by atoms with Gasteiger partial charge in [-0.2, -0.15) is 10.2 Å². The molecule has 5 rings (SSSR count). The van der Waals surface area contributed by atoms with Crippen LogP contribution in [0.25, 0.3) is 16.9 Å². The Kier molecular flexibility index (Phi) is 7.70. The van der Waals surface area contributed by atoms with E-state index in [9.17, 15) is 13.2 Å². The minimum atomic E-state index is -3.98. The zero-order chi connectivity index (χ0) is 28.0. The molecule has 9 nitrogen and oxygen atoms in total. The summed E-state index contributed by atoms with van der Waals surface area (Å²) in [6.45, 7) is 0. The number of amides is 1. The van der Waals surface area contributed by atoms with Crippen molar-refractivity contribution in [3.05, 3.63) is 127 Å². The minimum Gasteiger partial charge on any atom is -0.495 e. The number of ether oxygens (including phenoxy) is 1. The van der Waals surface area contributed by atoms with Crippen molar-refractivity contribution in [3.63, 3.8) is 0 Å². The quantitative estimate of drug-likeness (QED) is 0.195. The number of aromatic nitrogens is 2. The molecule has 1 heterocycles. The van der Waals surface area contributed by atoms with E-state index in [1.807, 2.05) is 66.9 Å². The van der Waals surface area contributed by atoms with Gasteiger partial charge in [-0.05, 0) is 42.5 Å². The van der Waals surface area contributed by atoms with Crippen LogP contribution in [0.1, 0.15) is 15.9 Å². The minimum absolute atomic E-state index is 0.0782. The Labute approximate surface area is 231 Å². The number of nitrogens with zero attached hydrogens (tertiary/aromatic N) is 3. The third-order valence-corrected chi connectivity index (χ3v) is 7.30. The van der Waals surface area contributed by atoms with Crippen molar-refractivity contribution >= 4 is 27.8 Å². The molecule has 2 N–H and O–H groups in total. The Balaban J connectivity index is 1.36. The second-order valence-electron chi connectivity index (χ2n) is 8.61. The Morgan fingerprint density at radius 2 is 1.60 bits per heavy atom. The molecule has 4 aromatic carbocycles. The average Bonchev–Trinajstić information content (AvgIpc) is 3.42. The van der Waals surface area contributed by atoms with Crippen LogP contribution in [0.15, 0.2) is 125 Å². The summed E-state index contributed by atoms with van der Waals surface area (Å²) in [6.07, 6.45) is 3.33. The Morgan fingerprint density at radius 3 is 2.35 bits per heavy atom. The number of anilines is 1. The molecule has 40 heavy (non-hydrogen) atoms. The summed E-state index contributed by atoms with van der Waals surface area (Å²) in [6, 6.07) is 31.6. The predicted octanol–water partition coefficient (Wildman–Crippen LogP) is 5.11. The summed E-state index contributed by atoms with van der Waals surface area (Å²) in [5, 5.41) is 8.86. The third kappa shape index (κ3) is 5.92. The lowest BCUT2D eigenvalue weighted by molar-refractivity contribution is 0.0955. The summed E-state index contributed by atoms with van der Waals surface area (Å²) in [5.74, 6) is -0.193. The van der Waals surface area contributed by atoms with E-state index in [0.717, 1.165) is 11.3 Å². The highest BCUT2D eigenvalue weighted by molar-refractivity contribution is 7.92. The Morgan fingerprint density at radius 1 is 0.900 bits per heavy atom. The highest BCUT2D eigenvalue weighted by Crippen LogP contribution is 2.26. The first-order valence-electron chi connectivity index (χ1n) is 12.2. The van der Waals surface area contributed by atoms with Crippen molar-refractivity contribution in [2.45, 2.75) is 4.90 Å². The van der Waals surface area contributed by atoms with Gasteiger partial charge in [0.05, 0.1) is 29.6 Å². The lowest BCUT2D eigenvalue weighted by Gasteiger charge is -2.12. The normalized spacial score (nSPS) is 11.3. The molecule has 0 spiro atoms. The molecule has 0 radical (unpaired) electrons. The Hall–Kier alpha value is -5.22. The third-order valence-electron chi connectivity index (χ3n) is 5.94. The number of sulfonamides is 1. The Bertz CT molecular complexity index is 1770. The standard InChI is InChI=1S/C30H25N5O4S/c1-39-28-18-9-8-17-27(28)34-40(37,38)26-16-10-13-23(19-26)30(36)32-31-20-24-21-35(25-14-6-3-7-15-25)33-29(24)22-11-4-2-5-12-22/h2-21,34H,1H3,(H,32,36)/b31-20+. The van der Waals surface area contributed by atoms with E-state index in [-0.39, 0.29) is 16.1 Å². The van der Waals surface area contributed by atoms with Gasteiger partial charge in [0.1, 0.15) is 11.4 Å². The van der Waals surface area contributed by atoms with Gasteiger partial charge in [0.25, 0.3) is 15.9 Å². The number of carbonyl (C=O) groups excluding carboxylic acids is 1. The van der Waals surface area contributed by atoms with Crippen LogP contribution in [0.4, 0.5) is 5.69 Å². The fourth-order valence-corrected chi connectivity index (χ4v) is 5.09. The van der Waals surface area contributed by atoms with Crippen LogP contribution in [0.5, 0.6) is 5.75 Å². The second-order valence-corrected chi connectivity index (χ2v) is 10.3. The van der Waals surface area contributed by atoms with Crippen molar-refractivity contribution in [1.82, 2.24) is 15.2 Å². The number of carbonyl (C=O) groups is 1. The molecule has 0 aliphatic carbocycles. The molecule has 0 bridgehead atoms. The van der Waals surface area contributed by atoms with Gasteiger partial charge >= 0.3 is 0 Å². The van der Waals surface area contributed by atoms with E-state index in [1.54, 1.807) is 28.9 Å². The number of rotatable bonds is 9. The molecule has 0 saturated heterocycles. The van der Waals surface area contributed by atoms with Crippen molar-refractivity contribution in [2.24, 2.45) is 5.10 Å². The van der Waals surface area contributed by atoms with Gasteiger partial charge in [-0.25, -0.2) is 18.5 Å². The van der Waals surface area contributed by atoms with E-state index >= 15 is 0 Å². The maximum Gasteiger partial charge on any atom is 0.271 e. The SMILES string of the molecule is COc1ccccc1NS(=O)(=O)c1cccc(C(=O)N/N=C/c2cn(-c3ccccc3)nc2-c2ccccc2)c1. The molecule has 10 heteroatoms. The van der Waals surface area contributed by atoms with Gasteiger partial charge in [-0.1, -0.05) is 66.7 Å². The van der Waals surface area contributed by atoms with E-state index in [2.05, 4.69) is 15.2 Å². The summed E-state index contributed by atoms with van der Waals surface area (Å²) in [7, 11) is -2.53. The number of para-hydroxylation sites is 3. The number of methoxy groups -OCH3 is 1. The van der Waals surface area contributed by atoms with Crippen LogP contribution in [-0.2, 0) is 10.0 Å². The van der Waals surface area contributed by atoms with Crippen molar-refractivity contribution in [2.75, 3.05) is 11.8 Å². The molecule has 1 aromatic heterocycles. The first-order chi connectivity index (χ1) is 19.4. The maximum absolute atomic E-state index is 13.0. The molecule has 0 aliphatic heterocycles. The zero-order valence-corrected chi connectivity index (χ0v) is 22.2. The smallest absolute Gasteiger partial charge is 0.271 e. The molecular weight excluding hydrogens is 526 g/mol. The highest BCUT2D eigenvalue weighted by Gasteiger charge is 2.18. The lowest BCUT2D eigenvalue weighted by Crippen LogP contribution is -2.19. The van der Waals surface area contributed by atoms with Gasteiger partial charge in [-0.3, -0.25) is 9.52 Å². The maximum atomic E-state index is 13.0. The number of hydrazone groups is 1. The van der Waals surface area contributed by atoms with Crippen LogP contribution < -0.4 is 14.9 Å². The largest absolute Gasteiger partial charge is 0.495 e. The van der Waals surface area contributed by atoms with Crippen LogP contribution in [-0.4, -0.2) is 37.4 Å². The predicted molar refractivity (Wildman–Crippen MR) is 154 cm³/mol. The lowest BCUT2D eigenvalue weighted by atomic mass is 10.1. The molecule has 200 valence electrons. The summed E-state index contributed by atoms with van der Waals surface area (Å²) in [4.78, 5) is 12.8. The van der Waals surface area contributed by atoms with Crippen molar-refractivity contribution in [1.29, 1.82) is 0 Å². The molecule has 0 atom stereocenters. The van der Waals surface area contributed by atoms with Gasteiger partial charge < -0.3 is 4.74 Å². The fourth-order valence-electron chi connectivity index (χ4n) is 3.98. The van der Waals surface area contributed by atoms with E-state index in [0.29, 0.717) is 17.0 Å². The van der Waals surface area contributed by atoms with Crippen LogP contribution in [0.3, 0.4) is 0 Å². The van der Waals surface area contributed by atoms with Crippen LogP contribution in [0, 0.1) is 0 Å². The first kappa shape index (κ1) is 26.4. The second kappa shape index (κ2) is 11.7. The number of hydrogen-bond acceptors (Lipinski definition) is 6. The zero-order valence-electron chi connectivity index (χ0n) is 21.4. The first-order valence-corrected chi connectivity index (χ1v) is 13.7. The molecule has 0 aliphatic rings. The van der Waals surface area contributed by atoms with Crippen LogP contribution in [0.2, 0.25) is 0 Å². The van der Waals surface area contributed by atoms with Crippen molar-refractivity contribution in [3.8, 4) is 22.7 Å². The van der Waals surface area contributed by atoms with E-state index in [4.69, 9.17) is 9.84 Å². The summed E-state index contributed by atoms with van der Waals surface area (Å²) < 4.78 is 35.5. The molecule has 5 aromatic rings. The molecule has 0 unspecified atom stereocenters. The number of benzene rings is 4. The van der Waals surface area contributed by atoms with Gasteiger partial charge in [0.15, 0.2) is 0 Å². The molecule has 0 fully saturated rings. The van der Waals surface area contributed by atoms with Crippen LogP contribution >= 0.6 is 0 Å². The van der Waals surface area contributed by atoms with E-state index < -0.39 is 15.9 Å². The summed E-state index contributed by atoms with van der Waals surface area (Å²) in [5.41, 5.74) is 6.05. The fraction of sp³-hybridized carbons (Fsp3) is 0.0333. The number of nitrogens with one attached hydrogen (secondary N) is 2.